The van der Waals surface area contributed by atoms with Gasteiger partial charge in [-0.3, -0.25) is 0 Å². The topological polar surface area (TPSA) is 75.1 Å². The van der Waals surface area contributed by atoms with Gasteiger partial charge >= 0.3 is 5.97 Å². The van der Waals surface area contributed by atoms with Crippen LogP contribution in [-0.2, 0) is 12.8 Å². The number of nitrogens with zero attached hydrogens (tertiary/aromatic N) is 2. The molecule has 2 heterocycles. The highest BCUT2D eigenvalue weighted by atomic mass is 32.1. The van der Waals surface area contributed by atoms with Crippen molar-refractivity contribution >= 4 is 28.8 Å². The highest BCUT2D eigenvalue weighted by Crippen LogP contribution is 2.29. The van der Waals surface area contributed by atoms with E-state index in [1.807, 2.05) is 41.8 Å². The van der Waals surface area contributed by atoms with Crippen molar-refractivity contribution in [1.29, 1.82) is 0 Å². The van der Waals surface area contributed by atoms with Gasteiger partial charge in [0, 0.05) is 33.5 Å². The molecule has 0 aliphatic rings. The maximum absolute atomic E-state index is 11.1. The zero-order valence-corrected chi connectivity index (χ0v) is 19.2. The van der Waals surface area contributed by atoms with Crippen LogP contribution in [0.3, 0.4) is 0 Å². The SMILES string of the molecule is CCc1nc(-c2cc(C#Cc3ccccc3)cs2)nc(Nc2ccc(C(=O)O)cc2)c1CC. The molecule has 2 aromatic carbocycles. The monoisotopic (exact) mass is 453 g/mol. The van der Waals surface area contributed by atoms with Gasteiger partial charge in [-0.1, -0.05) is 43.9 Å². The second-order valence-electron chi connectivity index (χ2n) is 7.35. The lowest BCUT2D eigenvalue weighted by Crippen LogP contribution is -2.07. The molecule has 0 aliphatic carbocycles. The number of rotatable bonds is 6. The fraction of sp³-hybridized carbons (Fsp3) is 0.148. The molecule has 0 saturated heterocycles. The summed E-state index contributed by atoms with van der Waals surface area (Å²) in [5.41, 5.74) is 4.99. The lowest BCUT2D eigenvalue weighted by molar-refractivity contribution is 0.0697. The third-order valence-corrected chi connectivity index (χ3v) is 6.05. The van der Waals surface area contributed by atoms with E-state index in [0.29, 0.717) is 5.82 Å². The number of aromatic nitrogens is 2. The molecule has 2 aromatic heterocycles. The number of nitrogens with one attached hydrogen (secondary N) is 1. The van der Waals surface area contributed by atoms with Crippen molar-refractivity contribution in [3.05, 3.63) is 94.0 Å². The normalized spacial score (nSPS) is 10.4. The van der Waals surface area contributed by atoms with Gasteiger partial charge in [-0.25, -0.2) is 14.8 Å². The maximum atomic E-state index is 11.1. The Kier molecular flexibility index (Phi) is 6.82. The first-order valence-electron chi connectivity index (χ1n) is 10.7. The number of hydrogen-bond acceptors (Lipinski definition) is 5. The van der Waals surface area contributed by atoms with E-state index in [9.17, 15) is 4.79 Å². The van der Waals surface area contributed by atoms with Crippen molar-refractivity contribution in [2.75, 3.05) is 5.32 Å². The van der Waals surface area contributed by atoms with Gasteiger partial charge in [0.25, 0.3) is 0 Å². The summed E-state index contributed by atoms with van der Waals surface area (Å²) in [5, 5.41) is 14.5. The van der Waals surface area contributed by atoms with E-state index in [1.165, 1.54) is 0 Å². The second kappa shape index (κ2) is 10.1. The number of benzene rings is 2. The number of carboxylic acid groups (broad SMARTS) is 1. The predicted octanol–water partition coefficient (Wildman–Crippen LogP) is 6.17. The Bertz CT molecular complexity index is 1330. The van der Waals surface area contributed by atoms with E-state index in [4.69, 9.17) is 15.1 Å². The molecule has 0 unspecified atom stereocenters. The minimum absolute atomic E-state index is 0.247. The molecule has 6 heteroatoms. The van der Waals surface area contributed by atoms with Crippen LogP contribution < -0.4 is 5.32 Å². The summed E-state index contributed by atoms with van der Waals surface area (Å²) in [6, 6.07) is 18.6. The van der Waals surface area contributed by atoms with E-state index in [0.717, 1.165) is 51.6 Å². The van der Waals surface area contributed by atoms with Crippen LogP contribution in [0, 0.1) is 11.8 Å². The van der Waals surface area contributed by atoms with Gasteiger partial charge < -0.3 is 10.4 Å². The van der Waals surface area contributed by atoms with Crippen LogP contribution in [0.2, 0.25) is 0 Å². The van der Waals surface area contributed by atoms with E-state index in [2.05, 4.69) is 31.0 Å². The molecular weight excluding hydrogens is 430 g/mol. The average molecular weight is 454 g/mol. The fourth-order valence-corrected chi connectivity index (χ4v) is 4.20. The van der Waals surface area contributed by atoms with Crippen molar-refractivity contribution in [2.24, 2.45) is 0 Å². The number of carboxylic acids is 1. The van der Waals surface area contributed by atoms with Crippen molar-refractivity contribution in [1.82, 2.24) is 9.97 Å². The quantitative estimate of drug-likeness (QED) is 0.341. The number of hydrogen-bond donors (Lipinski definition) is 2. The Morgan fingerprint density at radius 1 is 0.970 bits per heavy atom. The number of aryl methyl sites for hydroxylation is 1. The molecule has 4 aromatic rings. The van der Waals surface area contributed by atoms with Crippen molar-refractivity contribution in [3.63, 3.8) is 0 Å². The van der Waals surface area contributed by atoms with Gasteiger partial charge in [-0.15, -0.1) is 11.3 Å². The summed E-state index contributed by atoms with van der Waals surface area (Å²) in [6.07, 6.45) is 1.58. The van der Waals surface area contributed by atoms with Crippen LogP contribution in [0.1, 0.15) is 46.6 Å². The van der Waals surface area contributed by atoms with E-state index in [1.54, 1.807) is 35.6 Å². The zero-order chi connectivity index (χ0) is 23.2. The minimum atomic E-state index is -0.947. The summed E-state index contributed by atoms with van der Waals surface area (Å²) < 4.78 is 0. The molecule has 33 heavy (non-hydrogen) atoms. The third-order valence-electron chi connectivity index (χ3n) is 5.12. The van der Waals surface area contributed by atoms with Gasteiger partial charge in [0.15, 0.2) is 5.82 Å². The fourth-order valence-electron chi connectivity index (χ4n) is 3.43. The molecule has 2 N–H and O–H groups in total. The number of carbonyl (C=O) groups is 1. The van der Waals surface area contributed by atoms with Gasteiger partial charge in [-0.2, -0.15) is 0 Å². The summed E-state index contributed by atoms with van der Waals surface area (Å²) in [7, 11) is 0. The lowest BCUT2D eigenvalue weighted by Gasteiger charge is -2.15. The molecule has 164 valence electrons. The van der Waals surface area contributed by atoms with Crippen LogP contribution >= 0.6 is 11.3 Å². The Morgan fingerprint density at radius 3 is 2.36 bits per heavy atom. The van der Waals surface area contributed by atoms with E-state index < -0.39 is 5.97 Å². The number of thiophene rings is 1. The van der Waals surface area contributed by atoms with Gasteiger partial charge in [0.05, 0.1) is 10.4 Å². The minimum Gasteiger partial charge on any atom is -0.478 e. The van der Waals surface area contributed by atoms with Gasteiger partial charge in [0.2, 0.25) is 0 Å². The summed E-state index contributed by atoms with van der Waals surface area (Å²) >= 11 is 1.57. The molecule has 0 atom stereocenters. The summed E-state index contributed by atoms with van der Waals surface area (Å²) in [6.45, 7) is 4.17. The molecule has 5 nitrogen and oxygen atoms in total. The standard InChI is InChI=1S/C27H23N3O2S/c1-3-22-23(4-2)29-26(30-25(22)28-21-14-12-20(13-15-21)27(31)32)24-16-19(17-33-24)11-10-18-8-6-5-7-9-18/h5-9,12-17H,3-4H2,1-2H3,(H,31,32)(H,28,29,30). The van der Waals surface area contributed by atoms with Crippen molar-refractivity contribution in [2.45, 2.75) is 26.7 Å². The first-order valence-corrected chi connectivity index (χ1v) is 11.6. The predicted molar refractivity (Wildman–Crippen MR) is 133 cm³/mol. The molecule has 0 spiro atoms. The van der Waals surface area contributed by atoms with Crippen LogP contribution in [0.25, 0.3) is 10.7 Å². The number of anilines is 2. The Labute approximate surface area is 197 Å². The molecule has 0 aliphatic heterocycles. The first-order chi connectivity index (χ1) is 16.1. The van der Waals surface area contributed by atoms with Crippen molar-refractivity contribution < 1.29 is 9.90 Å². The summed E-state index contributed by atoms with van der Waals surface area (Å²) in [5.74, 6) is 6.85. The molecule has 0 radical (unpaired) electrons. The number of aromatic carboxylic acids is 1. The smallest absolute Gasteiger partial charge is 0.335 e. The second-order valence-corrected chi connectivity index (χ2v) is 8.26. The Balaban J connectivity index is 1.66. The summed E-state index contributed by atoms with van der Waals surface area (Å²) in [4.78, 5) is 21.8. The first kappa shape index (κ1) is 22.3. The molecule has 0 saturated carbocycles. The maximum Gasteiger partial charge on any atom is 0.335 e. The van der Waals surface area contributed by atoms with Crippen LogP contribution in [-0.4, -0.2) is 21.0 Å². The molecule has 0 bridgehead atoms. The average Bonchev–Trinajstić information content (AvgIpc) is 3.32. The molecule has 0 amide bonds. The molecule has 0 fully saturated rings. The molecule has 4 rings (SSSR count). The van der Waals surface area contributed by atoms with Crippen LogP contribution in [0.5, 0.6) is 0 Å². The molecular formula is C27H23N3O2S. The van der Waals surface area contributed by atoms with Gasteiger partial charge in [-0.05, 0) is 55.3 Å². The Hall–Kier alpha value is -3.95. The van der Waals surface area contributed by atoms with Crippen LogP contribution in [0.15, 0.2) is 66.0 Å². The van der Waals surface area contributed by atoms with E-state index in [-0.39, 0.29) is 5.56 Å². The van der Waals surface area contributed by atoms with Crippen LogP contribution in [0.4, 0.5) is 11.5 Å². The zero-order valence-electron chi connectivity index (χ0n) is 18.4. The Morgan fingerprint density at radius 2 is 1.70 bits per heavy atom. The van der Waals surface area contributed by atoms with Gasteiger partial charge in [0.1, 0.15) is 5.82 Å². The lowest BCUT2D eigenvalue weighted by atomic mass is 10.1. The largest absolute Gasteiger partial charge is 0.478 e. The van der Waals surface area contributed by atoms with Crippen molar-refractivity contribution in [3.8, 4) is 22.5 Å². The highest BCUT2D eigenvalue weighted by molar-refractivity contribution is 7.13. The van der Waals surface area contributed by atoms with E-state index >= 15 is 0 Å². The third kappa shape index (κ3) is 5.28. The highest BCUT2D eigenvalue weighted by Gasteiger charge is 2.15.